The van der Waals surface area contributed by atoms with Gasteiger partial charge in [0.15, 0.2) is 0 Å². The van der Waals surface area contributed by atoms with Crippen molar-refractivity contribution in [2.24, 2.45) is 5.73 Å². The smallest absolute Gasteiger partial charge is 0.216 e. The van der Waals surface area contributed by atoms with Crippen molar-refractivity contribution in [1.82, 2.24) is 4.72 Å². The Morgan fingerprint density at radius 2 is 1.29 bits per heavy atom. The molecule has 3 N–H and O–H groups in total. The van der Waals surface area contributed by atoms with Crippen molar-refractivity contribution in [1.29, 1.82) is 0 Å². The summed E-state index contributed by atoms with van der Waals surface area (Å²) in [5.41, 5.74) is 10.1. The van der Waals surface area contributed by atoms with Gasteiger partial charge in [-0.05, 0) is 28.7 Å². The summed E-state index contributed by atoms with van der Waals surface area (Å²) in [6, 6.07) is 25.6. The Balaban J connectivity index is 1.90. The molecule has 0 bridgehead atoms. The van der Waals surface area contributed by atoms with E-state index in [0.717, 1.165) is 28.7 Å². The third-order valence-corrected chi connectivity index (χ3v) is 6.16. The number of sulfonamides is 1. The van der Waals surface area contributed by atoms with Gasteiger partial charge < -0.3 is 5.73 Å². The molecule has 3 aromatic carbocycles. The molecule has 5 heteroatoms. The van der Waals surface area contributed by atoms with Gasteiger partial charge >= 0.3 is 0 Å². The molecule has 2 atom stereocenters. The van der Waals surface area contributed by atoms with Crippen LogP contribution in [0.2, 0.25) is 0 Å². The summed E-state index contributed by atoms with van der Waals surface area (Å²) in [5, 5.41) is 0. The Hall–Kier alpha value is -2.47. The molecule has 0 spiro atoms. The van der Waals surface area contributed by atoms with Gasteiger partial charge in [0, 0.05) is 0 Å². The van der Waals surface area contributed by atoms with E-state index in [1.165, 1.54) is 0 Å². The first-order chi connectivity index (χ1) is 13.5. The third-order valence-electron chi connectivity index (χ3n) is 4.85. The summed E-state index contributed by atoms with van der Waals surface area (Å²) < 4.78 is 28.9. The molecule has 28 heavy (non-hydrogen) atoms. The van der Waals surface area contributed by atoms with E-state index in [1.54, 1.807) is 0 Å². The van der Waals surface area contributed by atoms with Gasteiger partial charge in [-0.3, -0.25) is 0 Å². The van der Waals surface area contributed by atoms with Crippen molar-refractivity contribution in [3.05, 3.63) is 107 Å². The molecular formula is C23H26N2O2S. The van der Waals surface area contributed by atoms with Crippen LogP contribution in [0.25, 0.3) is 0 Å². The summed E-state index contributed by atoms with van der Waals surface area (Å²) in [4.78, 5) is 0. The minimum Gasteiger partial charge on any atom is -0.322 e. The molecule has 0 aliphatic heterocycles. The summed E-state index contributed by atoms with van der Waals surface area (Å²) >= 11 is 0. The number of benzene rings is 3. The van der Waals surface area contributed by atoms with Gasteiger partial charge in [0.25, 0.3) is 0 Å². The van der Waals surface area contributed by atoms with E-state index in [-0.39, 0.29) is 5.75 Å². The Labute approximate surface area is 167 Å². The van der Waals surface area contributed by atoms with Gasteiger partial charge in [-0.1, -0.05) is 91.9 Å². The monoisotopic (exact) mass is 394 g/mol. The van der Waals surface area contributed by atoms with Crippen molar-refractivity contribution >= 4 is 10.0 Å². The fourth-order valence-electron chi connectivity index (χ4n) is 3.36. The molecular weight excluding hydrogens is 368 g/mol. The minimum absolute atomic E-state index is 0.0676. The SMILES string of the molecule is CCc1ccccc1CS(=O)(=O)NC(c1ccccc1)C(N)c1ccccc1. The molecule has 0 fully saturated rings. The second-order valence-corrected chi connectivity index (χ2v) is 8.58. The predicted octanol–water partition coefficient (Wildman–Crippen LogP) is 4.11. The van der Waals surface area contributed by atoms with Gasteiger partial charge in [0.2, 0.25) is 10.0 Å². The lowest BCUT2D eigenvalue weighted by atomic mass is 9.95. The second-order valence-electron chi connectivity index (χ2n) is 6.82. The Morgan fingerprint density at radius 1 is 0.786 bits per heavy atom. The van der Waals surface area contributed by atoms with Gasteiger partial charge in [-0.2, -0.15) is 0 Å². The Kier molecular flexibility index (Phi) is 6.62. The van der Waals surface area contributed by atoms with E-state index in [4.69, 9.17) is 5.73 Å². The fourth-order valence-corrected chi connectivity index (χ4v) is 4.80. The zero-order chi connectivity index (χ0) is 20.0. The first kappa shape index (κ1) is 20.3. The highest BCUT2D eigenvalue weighted by Gasteiger charge is 2.26. The average Bonchev–Trinajstić information content (AvgIpc) is 2.73. The number of nitrogens with two attached hydrogens (primary N) is 1. The molecule has 0 aliphatic carbocycles. The molecule has 146 valence electrons. The lowest BCUT2D eigenvalue weighted by Gasteiger charge is -2.26. The highest BCUT2D eigenvalue weighted by molar-refractivity contribution is 7.88. The van der Waals surface area contributed by atoms with Crippen molar-refractivity contribution in [2.45, 2.75) is 31.2 Å². The quantitative estimate of drug-likeness (QED) is 0.604. The van der Waals surface area contributed by atoms with Crippen LogP contribution in [0.4, 0.5) is 0 Å². The van der Waals surface area contributed by atoms with Gasteiger partial charge in [0.05, 0.1) is 17.8 Å². The molecule has 0 amide bonds. The summed E-state index contributed by atoms with van der Waals surface area (Å²) in [5.74, 6) is -0.0676. The Bertz CT molecular complexity index is 989. The molecule has 0 aliphatic rings. The van der Waals surface area contributed by atoms with E-state index in [1.807, 2.05) is 91.9 Å². The topological polar surface area (TPSA) is 72.2 Å². The van der Waals surface area contributed by atoms with Crippen LogP contribution in [-0.4, -0.2) is 8.42 Å². The maximum Gasteiger partial charge on any atom is 0.216 e. The third kappa shape index (κ3) is 5.07. The molecule has 2 unspecified atom stereocenters. The molecule has 0 saturated carbocycles. The van der Waals surface area contributed by atoms with Crippen molar-refractivity contribution in [2.75, 3.05) is 0 Å². The largest absolute Gasteiger partial charge is 0.322 e. The highest BCUT2D eigenvalue weighted by Crippen LogP contribution is 2.28. The van der Waals surface area contributed by atoms with Crippen molar-refractivity contribution < 1.29 is 8.42 Å². The first-order valence-electron chi connectivity index (χ1n) is 9.42. The Morgan fingerprint density at radius 3 is 1.86 bits per heavy atom. The summed E-state index contributed by atoms with van der Waals surface area (Å²) in [6.45, 7) is 2.02. The molecule has 0 aromatic heterocycles. The van der Waals surface area contributed by atoms with Gasteiger partial charge in [-0.25, -0.2) is 13.1 Å². The summed E-state index contributed by atoms with van der Waals surface area (Å²) in [6.07, 6.45) is 0.789. The maximum atomic E-state index is 13.0. The first-order valence-corrected chi connectivity index (χ1v) is 11.1. The van der Waals surface area contributed by atoms with Crippen LogP contribution in [0.3, 0.4) is 0 Å². The average molecular weight is 395 g/mol. The summed E-state index contributed by atoms with van der Waals surface area (Å²) in [7, 11) is -3.60. The number of nitrogens with one attached hydrogen (secondary N) is 1. The van der Waals surface area contributed by atoms with Crippen LogP contribution in [0, 0.1) is 0 Å². The van der Waals surface area contributed by atoms with E-state index < -0.39 is 22.1 Å². The number of hydrogen-bond donors (Lipinski definition) is 2. The van der Waals surface area contributed by atoms with E-state index in [2.05, 4.69) is 4.72 Å². The van der Waals surface area contributed by atoms with Crippen molar-refractivity contribution in [3.8, 4) is 0 Å². The molecule has 0 heterocycles. The van der Waals surface area contributed by atoms with Crippen LogP contribution in [0.1, 0.15) is 41.3 Å². The lowest BCUT2D eigenvalue weighted by molar-refractivity contribution is 0.503. The van der Waals surface area contributed by atoms with E-state index in [9.17, 15) is 8.42 Å². The van der Waals surface area contributed by atoms with Crippen LogP contribution < -0.4 is 10.5 Å². The second kappa shape index (κ2) is 9.15. The van der Waals surface area contributed by atoms with Crippen LogP contribution >= 0.6 is 0 Å². The van der Waals surface area contributed by atoms with E-state index >= 15 is 0 Å². The molecule has 3 rings (SSSR count). The predicted molar refractivity (Wildman–Crippen MR) is 114 cm³/mol. The molecule has 0 saturated heterocycles. The minimum atomic E-state index is -3.60. The van der Waals surface area contributed by atoms with Crippen LogP contribution in [0.15, 0.2) is 84.9 Å². The normalized spacial score (nSPS) is 13.8. The standard InChI is InChI=1S/C23H26N2O2S/c1-2-18-11-9-10-16-21(18)17-28(26,27)25-23(20-14-7-4-8-15-20)22(24)19-12-5-3-6-13-19/h3-16,22-23,25H,2,17,24H2,1H3. The number of rotatable bonds is 8. The number of aryl methyl sites for hydroxylation is 1. The maximum absolute atomic E-state index is 13.0. The molecule has 3 aromatic rings. The molecule has 4 nitrogen and oxygen atoms in total. The zero-order valence-electron chi connectivity index (χ0n) is 16.0. The zero-order valence-corrected chi connectivity index (χ0v) is 16.8. The number of hydrogen-bond acceptors (Lipinski definition) is 3. The lowest BCUT2D eigenvalue weighted by Crippen LogP contribution is -2.36. The van der Waals surface area contributed by atoms with Crippen LogP contribution in [0.5, 0.6) is 0 Å². The van der Waals surface area contributed by atoms with Crippen LogP contribution in [-0.2, 0) is 22.2 Å². The van der Waals surface area contributed by atoms with Gasteiger partial charge in [-0.15, -0.1) is 0 Å². The highest BCUT2D eigenvalue weighted by atomic mass is 32.2. The molecule has 0 radical (unpaired) electrons. The fraction of sp³-hybridized carbons (Fsp3) is 0.217. The van der Waals surface area contributed by atoms with Crippen molar-refractivity contribution in [3.63, 3.8) is 0 Å². The van der Waals surface area contributed by atoms with E-state index in [0.29, 0.717) is 0 Å². The van der Waals surface area contributed by atoms with Gasteiger partial charge in [0.1, 0.15) is 0 Å².